The zero-order valence-corrected chi connectivity index (χ0v) is 10.8. The molecule has 0 amide bonds. The predicted octanol–water partition coefficient (Wildman–Crippen LogP) is 1.92. The number of nitrogens with one attached hydrogen (secondary N) is 1. The first kappa shape index (κ1) is 13.3. The normalized spacial score (nSPS) is 11.7. The quantitative estimate of drug-likeness (QED) is 0.815. The first-order chi connectivity index (χ1) is 7.38. The van der Waals surface area contributed by atoms with E-state index in [9.17, 15) is 8.42 Å². The maximum absolute atomic E-state index is 11.8. The summed E-state index contributed by atoms with van der Waals surface area (Å²) in [7, 11) is -3.50. The number of hydrogen-bond donors (Lipinski definition) is 2. The van der Waals surface area contributed by atoms with Gasteiger partial charge in [-0.2, -0.15) is 0 Å². The molecule has 0 aliphatic rings. The van der Waals surface area contributed by atoms with E-state index in [0.717, 1.165) is 6.42 Å². The predicted molar refractivity (Wildman–Crippen MR) is 66.1 cm³/mol. The van der Waals surface area contributed by atoms with E-state index in [0.29, 0.717) is 22.8 Å². The lowest BCUT2D eigenvalue weighted by Gasteiger charge is -2.09. The molecule has 6 heteroatoms. The van der Waals surface area contributed by atoms with Gasteiger partial charge >= 0.3 is 0 Å². The summed E-state index contributed by atoms with van der Waals surface area (Å²) in [5.41, 5.74) is 6.74. The van der Waals surface area contributed by atoms with E-state index in [1.165, 1.54) is 12.1 Å². The Hall–Kier alpha value is -0.780. The number of nitrogen functional groups attached to an aromatic ring is 1. The first-order valence-corrected chi connectivity index (χ1v) is 6.80. The molecule has 0 heterocycles. The molecule has 0 saturated heterocycles. The van der Waals surface area contributed by atoms with E-state index < -0.39 is 10.0 Å². The van der Waals surface area contributed by atoms with Gasteiger partial charge in [0.25, 0.3) is 0 Å². The summed E-state index contributed by atoms with van der Waals surface area (Å²) in [5.74, 6) is 0. The minimum atomic E-state index is -3.50. The molecule has 0 atom stereocenters. The fourth-order valence-electron chi connectivity index (χ4n) is 1.15. The Kier molecular flexibility index (Phi) is 4.18. The minimum absolute atomic E-state index is 0.106. The van der Waals surface area contributed by atoms with Crippen molar-refractivity contribution in [2.45, 2.75) is 25.2 Å². The molecule has 0 aliphatic carbocycles. The lowest BCUT2D eigenvalue weighted by Crippen LogP contribution is -2.24. The van der Waals surface area contributed by atoms with Crippen LogP contribution in [-0.2, 0) is 10.0 Å². The summed E-state index contributed by atoms with van der Waals surface area (Å²) in [4.78, 5) is 0.106. The van der Waals surface area contributed by atoms with Gasteiger partial charge in [0.15, 0.2) is 0 Å². The van der Waals surface area contributed by atoms with Gasteiger partial charge in [-0.1, -0.05) is 18.5 Å². The maximum atomic E-state index is 11.8. The molecule has 0 radical (unpaired) electrons. The summed E-state index contributed by atoms with van der Waals surface area (Å²) in [6.07, 6.45) is 0.730. The van der Waals surface area contributed by atoms with E-state index in [1.54, 1.807) is 6.92 Å². The van der Waals surface area contributed by atoms with Gasteiger partial charge in [0.05, 0.1) is 4.90 Å². The Morgan fingerprint density at radius 2 is 2.06 bits per heavy atom. The summed E-state index contributed by atoms with van der Waals surface area (Å²) >= 11 is 5.89. The van der Waals surface area contributed by atoms with Crippen LogP contribution in [0.4, 0.5) is 5.69 Å². The largest absolute Gasteiger partial charge is 0.398 e. The lowest BCUT2D eigenvalue weighted by atomic mass is 10.2. The number of anilines is 1. The number of nitrogens with two attached hydrogens (primary N) is 1. The molecule has 0 aliphatic heterocycles. The van der Waals surface area contributed by atoms with Crippen molar-refractivity contribution in [1.29, 1.82) is 0 Å². The smallest absolute Gasteiger partial charge is 0.240 e. The molecule has 90 valence electrons. The van der Waals surface area contributed by atoms with Crippen LogP contribution in [0.25, 0.3) is 0 Å². The van der Waals surface area contributed by atoms with Crippen molar-refractivity contribution in [3.05, 3.63) is 22.7 Å². The molecule has 0 aromatic heterocycles. The van der Waals surface area contributed by atoms with E-state index >= 15 is 0 Å². The van der Waals surface area contributed by atoms with Gasteiger partial charge < -0.3 is 5.73 Å². The number of sulfonamides is 1. The average Bonchev–Trinajstić information content (AvgIpc) is 2.22. The fourth-order valence-corrected chi connectivity index (χ4v) is 2.64. The van der Waals surface area contributed by atoms with E-state index in [2.05, 4.69) is 4.72 Å². The molecule has 4 nitrogen and oxygen atoms in total. The van der Waals surface area contributed by atoms with Crippen molar-refractivity contribution < 1.29 is 8.42 Å². The molecular formula is C10H15ClN2O2S. The highest BCUT2D eigenvalue weighted by atomic mass is 35.5. The van der Waals surface area contributed by atoms with Gasteiger partial charge in [-0.05, 0) is 31.0 Å². The molecule has 1 aromatic carbocycles. The monoisotopic (exact) mass is 262 g/mol. The Morgan fingerprint density at radius 3 is 2.56 bits per heavy atom. The summed E-state index contributed by atoms with van der Waals surface area (Å²) < 4.78 is 26.0. The van der Waals surface area contributed by atoms with Crippen LogP contribution in [0.5, 0.6) is 0 Å². The maximum Gasteiger partial charge on any atom is 0.240 e. The lowest BCUT2D eigenvalue weighted by molar-refractivity contribution is 0.581. The molecule has 16 heavy (non-hydrogen) atoms. The minimum Gasteiger partial charge on any atom is -0.398 e. The van der Waals surface area contributed by atoms with E-state index in [-0.39, 0.29) is 4.90 Å². The van der Waals surface area contributed by atoms with Crippen LogP contribution in [0.1, 0.15) is 18.9 Å². The molecule has 1 rings (SSSR count). The van der Waals surface area contributed by atoms with E-state index in [4.69, 9.17) is 17.3 Å². The number of hydrogen-bond acceptors (Lipinski definition) is 3. The van der Waals surface area contributed by atoms with Crippen LogP contribution < -0.4 is 10.5 Å². The second-order valence-electron chi connectivity index (χ2n) is 3.52. The van der Waals surface area contributed by atoms with Crippen LogP contribution in [0.15, 0.2) is 17.0 Å². The Morgan fingerprint density at radius 1 is 1.44 bits per heavy atom. The molecule has 0 saturated carbocycles. The highest BCUT2D eigenvalue weighted by Gasteiger charge is 2.15. The highest BCUT2D eigenvalue weighted by Crippen LogP contribution is 2.25. The third kappa shape index (κ3) is 2.87. The van der Waals surface area contributed by atoms with Gasteiger partial charge in [-0.3, -0.25) is 0 Å². The number of rotatable bonds is 4. The van der Waals surface area contributed by atoms with Gasteiger partial charge in [0.1, 0.15) is 0 Å². The molecule has 1 aromatic rings. The standard InChI is InChI=1S/C10H15ClN2O2S/c1-3-4-13-16(14,15)8-5-9(11)7(2)10(12)6-8/h5-6,13H,3-4,12H2,1-2H3. The van der Waals surface area contributed by atoms with Crippen LogP contribution in [0, 0.1) is 6.92 Å². The third-order valence-corrected chi connectivity index (χ3v) is 4.04. The van der Waals surface area contributed by atoms with Crippen molar-refractivity contribution in [1.82, 2.24) is 4.72 Å². The number of benzene rings is 1. The van der Waals surface area contributed by atoms with Gasteiger partial charge in [0.2, 0.25) is 10.0 Å². The Balaban J connectivity index is 3.14. The summed E-state index contributed by atoms with van der Waals surface area (Å²) in [5, 5.41) is 0.358. The van der Waals surface area contributed by atoms with Crippen LogP contribution in [-0.4, -0.2) is 15.0 Å². The molecule has 0 fully saturated rings. The van der Waals surface area contributed by atoms with E-state index in [1.807, 2.05) is 6.92 Å². The summed E-state index contributed by atoms with van der Waals surface area (Å²) in [6, 6.07) is 2.82. The summed E-state index contributed by atoms with van der Waals surface area (Å²) in [6.45, 7) is 4.03. The second kappa shape index (κ2) is 5.03. The van der Waals surface area contributed by atoms with Crippen LogP contribution >= 0.6 is 11.6 Å². The van der Waals surface area contributed by atoms with Crippen molar-refractivity contribution in [2.75, 3.05) is 12.3 Å². The Bertz CT molecular complexity index is 463. The topological polar surface area (TPSA) is 72.2 Å². The zero-order valence-electron chi connectivity index (χ0n) is 9.25. The number of halogens is 1. The Labute approximate surface area is 101 Å². The van der Waals surface area contributed by atoms with Crippen molar-refractivity contribution >= 4 is 27.3 Å². The van der Waals surface area contributed by atoms with Gasteiger partial charge in [-0.15, -0.1) is 0 Å². The molecule has 0 spiro atoms. The molecule has 3 N–H and O–H groups in total. The van der Waals surface area contributed by atoms with Crippen molar-refractivity contribution in [2.24, 2.45) is 0 Å². The SMILES string of the molecule is CCCNS(=O)(=O)c1cc(N)c(C)c(Cl)c1. The van der Waals surface area contributed by atoms with Crippen LogP contribution in [0.3, 0.4) is 0 Å². The van der Waals surface area contributed by atoms with Crippen LogP contribution in [0.2, 0.25) is 5.02 Å². The van der Waals surface area contributed by atoms with Gasteiger partial charge in [-0.25, -0.2) is 13.1 Å². The molecule has 0 bridgehead atoms. The fraction of sp³-hybridized carbons (Fsp3) is 0.400. The molecule has 0 unspecified atom stereocenters. The molecular weight excluding hydrogens is 248 g/mol. The van der Waals surface area contributed by atoms with Gasteiger partial charge in [0, 0.05) is 17.3 Å². The zero-order chi connectivity index (χ0) is 12.3. The first-order valence-electron chi connectivity index (χ1n) is 4.93. The highest BCUT2D eigenvalue weighted by molar-refractivity contribution is 7.89. The third-order valence-electron chi connectivity index (χ3n) is 2.21. The average molecular weight is 263 g/mol. The second-order valence-corrected chi connectivity index (χ2v) is 5.69. The van der Waals surface area contributed by atoms with Crippen molar-refractivity contribution in [3.63, 3.8) is 0 Å². The van der Waals surface area contributed by atoms with Crippen molar-refractivity contribution in [3.8, 4) is 0 Å².